The van der Waals surface area contributed by atoms with Crippen molar-refractivity contribution in [2.45, 2.75) is 53.0 Å². The van der Waals surface area contributed by atoms with Crippen LogP contribution >= 0.6 is 11.6 Å². The summed E-state index contributed by atoms with van der Waals surface area (Å²) in [6.07, 6.45) is 5.66. The van der Waals surface area contributed by atoms with Crippen LogP contribution in [0.4, 0.5) is 26.6 Å². The van der Waals surface area contributed by atoms with Crippen LogP contribution in [0.15, 0.2) is 66.9 Å². The number of nitrogens with zero attached hydrogens (tertiary/aromatic N) is 4. The summed E-state index contributed by atoms with van der Waals surface area (Å²) in [5, 5.41) is 3.55. The zero-order chi connectivity index (χ0) is 31.8. The molecule has 0 radical (unpaired) electrons. The summed E-state index contributed by atoms with van der Waals surface area (Å²) >= 11 is 6.17. The highest BCUT2D eigenvalue weighted by atomic mass is 35.5. The number of amides is 1. The van der Waals surface area contributed by atoms with Crippen LogP contribution in [0.2, 0.25) is 5.02 Å². The highest BCUT2D eigenvalue weighted by molar-refractivity contribution is 6.30. The summed E-state index contributed by atoms with van der Waals surface area (Å²) in [4.78, 5) is 26.4. The maximum atomic E-state index is 14.8. The second-order valence-corrected chi connectivity index (χ2v) is 11.8. The standard InChI is InChI=1S/C35H39ClFN5O3/c1-24-19-25(2)33(26(3)20-24)45-35(43)42(23-27-21-28(36)11-12-31(27)37)32-13-14-38-34(40-32)39-29-9-7-10-30(22-29)44-18-8-17-41-15-5-4-6-16-41/h7,9-14,19-22H,4-6,8,15-18,23H2,1-3H3,(H,38,39,40). The smallest absolute Gasteiger partial charge is 0.421 e. The Balaban J connectivity index is 1.32. The molecule has 4 aromatic rings. The summed E-state index contributed by atoms with van der Waals surface area (Å²) in [5.41, 5.74) is 3.62. The SMILES string of the molecule is Cc1cc(C)c(OC(=O)N(Cc2cc(Cl)ccc2F)c2ccnc(Nc3cccc(OCCCN4CCCCC4)c3)n2)c(C)c1. The monoisotopic (exact) mass is 631 g/mol. The van der Waals surface area contributed by atoms with Gasteiger partial charge in [0.15, 0.2) is 0 Å². The Morgan fingerprint density at radius 1 is 1.02 bits per heavy atom. The first-order chi connectivity index (χ1) is 21.7. The van der Waals surface area contributed by atoms with E-state index in [-0.39, 0.29) is 23.9 Å². The van der Waals surface area contributed by atoms with Crippen molar-refractivity contribution >= 4 is 35.1 Å². The van der Waals surface area contributed by atoms with Crippen molar-refractivity contribution in [3.63, 3.8) is 0 Å². The van der Waals surface area contributed by atoms with Crippen LogP contribution in [0.25, 0.3) is 0 Å². The first kappa shape index (κ1) is 32.2. The predicted molar refractivity (Wildman–Crippen MR) is 176 cm³/mol. The number of rotatable bonds is 11. The third-order valence-corrected chi connectivity index (χ3v) is 7.93. The van der Waals surface area contributed by atoms with Gasteiger partial charge in [0.2, 0.25) is 5.95 Å². The normalized spacial score (nSPS) is 13.4. The average molecular weight is 632 g/mol. The maximum absolute atomic E-state index is 14.8. The quantitative estimate of drug-likeness (QED) is 0.167. The van der Waals surface area contributed by atoms with E-state index in [4.69, 9.17) is 21.1 Å². The van der Waals surface area contributed by atoms with Gasteiger partial charge in [-0.2, -0.15) is 4.98 Å². The first-order valence-electron chi connectivity index (χ1n) is 15.3. The fourth-order valence-electron chi connectivity index (χ4n) is 5.56. The van der Waals surface area contributed by atoms with Crippen LogP contribution in [-0.2, 0) is 6.54 Å². The molecule has 10 heteroatoms. The minimum absolute atomic E-state index is 0.160. The largest absolute Gasteiger partial charge is 0.493 e. The highest BCUT2D eigenvalue weighted by Crippen LogP contribution is 2.28. The molecule has 3 aromatic carbocycles. The molecule has 8 nitrogen and oxygen atoms in total. The number of benzene rings is 3. The van der Waals surface area contributed by atoms with Gasteiger partial charge >= 0.3 is 6.09 Å². The van der Waals surface area contributed by atoms with E-state index in [2.05, 4.69) is 20.2 Å². The van der Waals surface area contributed by atoms with Gasteiger partial charge in [-0.25, -0.2) is 14.2 Å². The molecule has 1 N–H and O–H groups in total. The molecule has 1 aliphatic rings. The van der Waals surface area contributed by atoms with Gasteiger partial charge in [-0.3, -0.25) is 4.90 Å². The van der Waals surface area contributed by atoms with Gasteiger partial charge < -0.3 is 19.7 Å². The number of nitrogens with one attached hydrogen (secondary N) is 1. The highest BCUT2D eigenvalue weighted by Gasteiger charge is 2.24. The van der Waals surface area contributed by atoms with E-state index in [1.165, 1.54) is 61.6 Å². The molecular formula is C35H39ClFN5O3. The van der Waals surface area contributed by atoms with Crippen LogP contribution in [-0.4, -0.2) is 47.2 Å². The molecule has 236 valence electrons. The zero-order valence-electron chi connectivity index (χ0n) is 26.0. The third-order valence-electron chi connectivity index (χ3n) is 7.69. The van der Waals surface area contributed by atoms with Gasteiger partial charge in [0.25, 0.3) is 0 Å². The molecular weight excluding hydrogens is 593 g/mol. The number of ether oxygens (including phenoxy) is 2. The van der Waals surface area contributed by atoms with Gasteiger partial charge in [0.05, 0.1) is 13.2 Å². The lowest BCUT2D eigenvalue weighted by atomic mass is 10.1. The number of anilines is 3. The maximum Gasteiger partial charge on any atom is 0.421 e. The Morgan fingerprint density at radius 2 is 1.80 bits per heavy atom. The Morgan fingerprint density at radius 3 is 2.58 bits per heavy atom. The second-order valence-electron chi connectivity index (χ2n) is 11.4. The number of aryl methyl sites for hydroxylation is 3. The molecule has 0 saturated carbocycles. The van der Waals surface area contributed by atoms with Crippen molar-refractivity contribution < 1.29 is 18.7 Å². The fraction of sp³-hybridized carbons (Fsp3) is 0.343. The average Bonchev–Trinajstić information content (AvgIpc) is 3.02. The van der Waals surface area contributed by atoms with Crippen LogP contribution in [0.3, 0.4) is 0 Å². The molecule has 1 fully saturated rings. The van der Waals surface area contributed by atoms with Crippen molar-refractivity contribution in [2.75, 3.05) is 36.5 Å². The summed E-state index contributed by atoms with van der Waals surface area (Å²) in [7, 11) is 0. The van der Waals surface area contributed by atoms with Crippen molar-refractivity contribution in [1.29, 1.82) is 0 Å². The topological polar surface area (TPSA) is 79.8 Å². The number of aromatic nitrogens is 2. The molecule has 0 spiro atoms. The third kappa shape index (κ3) is 8.93. The van der Waals surface area contributed by atoms with Crippen LogP contribution in [0.1, 0.15) is 47.9 Å². The molecule has 1 aliphatic heterocycles. The number of hydrogen-bond acceptors (Lipinski definition) is 7. The lowest BCUT2D eigenvalue weighted by molar-refractivity contribution is 0.205. The van der Waals surface area contributed by atoms with Crippen LogP contribution < -0.4 is 19.7 Å². The van der Waals surface area contributed by atoms with Gasteiger partial charge in [-0.1, -0.05) is 41.8 Å². The molecule has 0 atom stereocenters. The molecule has 1 saturated heterocycles. The van der Waals surface area contributed by atoms with Gasteiger partial charge in [0, 0.05) is 35.1 Å². The van der Waals surface area contributed by atoms with E-state index in [9.17, 15) is 9.18 Å². The van der Waals surface area contributed by atoms with Gasteiger partial charge in [0.1, 0.15) is 23.1 Å². The molecule has 45 heavy (non-hydrogen) atoms. The van der Waals surface area contributed by atoms with Crippen molar-refractivity contribution in [3.8, 4) is 11.5 Å². The minimum Gasteiger partial charge on any atom is -0.493 e. The number of likely N-dealkylation sites (tertiary alicyclic amines) is 1. The molecule has 1 amide bonds. The lowest BCUT2D eigenvalue weighted by Gasteiger charge is -2.26. The summed E-state index contributed by atoms with van der Waals surface area (Å²) in [5.74, 6) is 1.16. The molecule has 0 bridgehead atoms. The molecule has 0 unspecified atom stereocenters. The molecule has 5 rings (SSSR count). The number of carbonyl (C=O) groups excluding carboxylic acids is 1. The molecule has 2 heterocycles. The van der Waals surface area contributed by atoms with E-state index in [1.807, 2.05) is 57.2 Å². The van der Waals surface area contributed by atoms with E-state index in [1.54, 1.807) is 6.07 Å². The molecule has 1 aromatic heterocycles. The van der Waals surface area contributed by atoms with E-state index in [0.717, 1.165) is 41.1 Å². The van der Waals surface area contributed by atoms with Gasteiger partial charge in [-0.15, -0.1) is 0 Å². The Kier molecular flexibility index (Phi) is 10.9. The van der Waals surface area contributed by atoms with Crippen molar-refractivity contribution in [3.05, 3.63) is 100.0 Å². The Labute approximate surface area is 269 Å². The summed E-state index contributed by atoms with van der Waals surface area (Å²) in [6.45, 7) is 9.59. The summed E-state index contributed by atoms with van der Waals surface area (Å²) in [6, 6.07) is 17.2. The van der Waals surface area contributed by atoms with Crippen molar-refractivity contribution in [2.24, 2.45) is 0 Å². The van der Waals surface area contributed by atoms with Crippen molar-refractivity contribution in [1.82, 2.24) is 14.9 Å². The van der Waals surface area contributed by atoms with E-state index in [0.29, 0.717) is 17.4 Å². The zero-order valence-corrected chi connectivity index (χ0v) is 26.7. The minimum atomic E-state index is -0.714. The number of halogens is 2. The second kappa shape index (κ2) is 15.2. The lowest BCUT2D eigenvalue weighted by Crippen LogP contribution is -2.34. The summed E-state index contributed by atoms with van der Waals surface area (Å²) < 4.78 is 26.7. The van der Waals surface area contributed by atoms with E-state index < -0.39 is 11.9 Å². The first-order valence-corrected chi connectivity index (χ1v) is 15.7. The fourth-order valence-corrected chi connectivity index (χ4v) is 5.75. The van der Waals surface area contributed by atoms with Crippen LogP contribution in [0, 0.1) is 26.6 Å². The van der Waals surface area contributed by atoms with Gasteiger partial charge in [-0.05, 0) is 101 Å². The predicted octanol–water partition coefficient (Wildman–Crippen LogP) is 8.40. The van der Waals surface area contributed by atoms with E-state index >= 15 is 0 Å². The molecule has 0 aliphatic carbocycles. The Hall–Kier alpha value is -4.21. The Bertz CT molecular complexity index is 1610. The van der Waals surface area contributed by atoms with Crippen LogP contribution in [0.5, 0.6) is 11.5 Å². The number of carbonyl (C=O) groups is 1. The number of hydrogen-bond donors (Lipinski definition) is 1. The number of piperidine rings is 1.